The molecule has 1 aliphatic heterocycles. The van der Waals surface area contributed by atoms with E-state index in [1.165, 1.54) is 44.9 Å². The number of nitrogens with zero attached hydrogens (tertiary/aromatic N) is 1. The molecule has 0 unspecified atom stereocenters. The van der Waals surface area contributed by atoms with Gasteiger partial charge in [-0.1, -0.05) is 45.4 Å². The van der Waals surface area contributed by atoms with Crippen LogP contribution in [0.5, 0.6) is 0 Å². The smallest absolute Gasteiger partial charge is 0.310 e. The molecule has 0 aromatic carbocycles. The molecule has 0 aromatic rings. The van der Waals surface area contributed by atoms with E-state index in [9.17, 15) is 4.79 Å². The van der Waals surface area contributed by atoms with Gasteiger partial charge >= 0.3 is 5.97 Å². The molecule has 0 spiro atoms. The first-order valence-corrected chi connectivity index (χ1v) is 8.66. The maximum absolute atomic E-state index is 11.8. The van der Waals surface area contributed by atoms with Gasteiger partial charge in [-0.25, -0.2) is 0 Å². The number of hydrogen-bond acceptors (Lipinski definition) is 3. The minimum atomic E-state index is 0.0109. The van der Waals surface area contributed by atoms with Gasteiger partial charge in [-0.15, -0.1) is 0 Å². The summed E-state index contributed by atoms with van der Waals surface area (Å²) in [4.78, 5) is 14.2. The largest absolute Gasteiger partial charge is 0.466 e. The monoisotopic (exact) mass is 283 g/mol. The molecule has 0 amide bonds. The molecule has 1 saturated heterocycles. The van der Waals surface area contributed by atoms with E-state index < -0.39 is 0 Å². The second-order valence-corrected chi connectivity index (χ2v) is 6.01. The number of likely N-dealkylation sites (tertiary alicyclic amines) is 1. The van der Waals surface area contributed by atoms with E-state index in [2.05, 4.69) is 11.8 Å². The van der Waals surface area contributed by atoms with Crippen LogP contribution in [0.15, 0.2) is 0 Å². The van der Waals surface area contributed by atoms with Crippen LogP contribution >= 0.6 is 0 Å². The Balaban J connectivity index is 2.07. The Hall–Kier alpha value is -0.570. The third-order valence-corrected chi connectivity index (χ3v) is 4.20. The first kappa shape index (κ1) is 17.5. The molecule has 0 aromatic heterocycles. The van der Waals surface area contributed by atoms with Crippen LogP contribution in [0.4, 0.5) is 0 Å². The highest BCUT2D eigenvalue weighted by atomic mass is 16.5. The molecule has 20 heavy (non-hydrogen) atoms. The summed E-state index contributed by atoms with van der Waals surface area (Å²) >= 11 is 0. The van der Waals surface area contributed by atoms with Gasteiger partial charge in [0.25, 0.3) is 0 Å². The highest BCUT2D eigenvalue weighted by molar-refractivity contribution is 5.72. The summed E-state index contributed by atoms with van der Waals surface area (Å²) < 4.78 is 5.14. The summed E-state index contributed by atoms with van der Waals surface area (Å²) in [6, 6.07) is 0. The number of esters is 1. The first-order valence-electron chi connectivity index (χ1n) is 8.66. The third kappa shape index (κ3) is 7.28. The molecule has 1 rings (SSSR count). The Labute approximate surface area is 125 Å². The number of ether oxygens (including phenoxy) is 1. The van der Waals surface area contributed by atoms with Crippen molar-refractivity contribution in [1.29, 1.82) is 0 Å². The van der Waals surface area contributed by atoms with Gasteiger partial charge in [-0.3, -0.25) is 4.79 Å². The van der Waals surface area contributed by atoms with Crippen LogP contribution in [-0.4, -0.2) is 37.1 Å². The van der Waals surface area contributed by atoms with Gasteiger partial charge in [0.2, 0.25) is 0 Å². The highest BCUT2D eigenvalue weighted by Gasteiger charge is 2.26. The molecule has 1 aliphatic rings. The zero-order valence-corrected chi connectivity index (χ0v) is 13.5. The third-order valence-electron chi connectivity index (χ3n) is 4.20. The van der Waals surface area contributed by atoms with Crippen molar-refractivity contribution < 1.29 is 9.53 Å². The highest BCUT2D eigenvalue weighted by Crippen LogP contribution is 2.18. The Bertz CT molecular complexity index is 255. The topological polar surface area (TPSA) is 29.5 Å². The number of hydrogen-bond donors (Lipinski definition) is 0. The van der Waals surface area contributed by atoms with E-state index in [-0.39, 0.29) is 11.9 Å². The van der Waals surface area contributed by atoms with E-state index in [1.54, 1.807) is 0 Å². The zero-order chi connectivity index (χ0) is 14.6. The van der Waals surface area contributed by atoms with Gasteiger partial charge in [-0.2, -0.15) is 0 Å². The van der Waals surface area contributed by atoms with Crippen molar-refractivity contribution in [2.24, 2.45) is 5.92 Å². The van der Waals surface area contributed by atoms with Crippen LogP contribution in [0.2, 0.25) is 0 Å². The molecular formula is C17H33NO2. The lowest BCUT2D eigenvalue weighted by molar-refractivity contribution is -0.149. The van der Waals surface area contributed by atoms with Crippen LogP contribution in [0.25, 0.3) is 0 Å². The number of unbranched alkanes of at least 4 members (excludes halogenated alkanes) is 6. The number of carbonyl (C=O) groups excluding carboxylic acids is 1. The normalized spacial score (nSPS) is 20.0. The summed E-state index contributed by atoms with van der Waals surface area (Å²) in [5, 5.41) is 0. The number of rotatable bonds is 10. The molecule has 0 aliphatic carbocycles. The van der Waals surface area contributed by atoms with Gasteiger partial charge in [0, 0.05) is 6.54 Å². The second-order valence-electron chi connectivity index (χ2n) is 6.01. The van der Waals surface area contributed by atoms with E-state index in [1.807, 2.05) is 6.92 Å². The Morgan fingerprint density at radius 2 is 1.80 bits per heavy atom. The fourth-order valence-electron chi connectivity index (χ4n) is 3.00. The average Bonchev–Trinajstić information content (AvgIpc) is 2.47. The minimum absolute atomic E-state index is 0.0109. The summed E-state index contributed by atoms with van der Waals surface area (Å²) in [5.74, 6) is 0.130. The van der Waals surface area contributed by atoms with E-state index in [4.69, 9.17) is 4.74 Å². The van der Waals surface area contributed by atoms with E-state index >= 15 is 0 Å². The summed E-state index contributed by atoms with van der Waals surface area (Å²) in [6.45, 7) is 7.88. The summed E-state index contributed by atoms with van der Waals surface area (Å²) in [5.41, 5.74) is 0. The standard InChI is InChI=1S/C17H33NO2/c1-3-5-6-7-8-9-10-13-18-14-11-12-16(15-18)17(19)20-4-2/h16H,3-15H2,1-2H3/t16-/m1/s1. The second kappa shape index (κ2) is 11.1. The van der Waals surface area contributed by atoms with Crippen molar-refractivity contribution in [3.63, 3.8) is 0 Å². The van der Waals surface area contributed by atoms with Gasteiger partial charge in [0.1, 0.15) is 0 Å². The Kier molecular flexibility index (Phi) is 9.73. The van der Waals surface area contributed by atoms with E-state index in [0.717, 1.165) is 32.5 Å². The van der Waals surface area contributed by atoms with Crippen molar-refractivity contribution in [2.45, 2.75) is 71.6 Å². The molecule has 0 N–H and O–H groups in total. The van der Waals surface area contributed by atoms with Crippen molar-refractivity contribution >= 4 is 5.97 Å². The fraction of sp³-hybridized carbons (Fsp3) is 0.941. The molecule has 0 radical (unpaired) electrons. The lowest BCUT2D eigenvalue weighted by Crippen LogP contribution is -2.39. The first-order chi connectivity index (χ1) is 9.77. The van der Waals surface area contributed by atoms with Crippen LogP contribution in [-0.2, 0) is 9.53 Å². The molecule has 118 valence electrons. The predicted octanol–water partition coefficient (Wildman–Crippen LogP) is 4.01. The maximum atomic E-state index is 11.8. The van der Waals surface area contributed by atoms with Crippen LogP contribution in [0.1, 0.15) is 71.6 Å². The van der Waals surface area contributed by atoms with Crippen LogP contribution < -0.4 is 0 Å². The zero-order valence-electron chi connectivity index (χ0n) is 13.5. The minimum Gasteiger partial charge on any atom is -0.466 e. The Morgan fingerprint density at radius 1 is 1.10 bits per heavy atom. The maximum Gasteiger partial charge on any atom is 0.310 e. The molecule has 0 saturated carbocycles. The van der Waals surface area contributed by atoms with Gasteiger partial charge in [-0.05, 0) is 39.3 Å². The van der Waals surface area contributed by atoms with E-state index in [0.29, 0.717) is 6.61 Å². The Morgan fingerprint density at radius 3 is 2.50 bits per heavy atom. The molecule has 3 heteroatoms. The molecule has 1 fully saturated rings. The molecule has 3 nitrogen and oxygen atoms in total. The van der Waals surface area contributed by atoms with Gasteiger partial charge in [0.15, 0.2) is 0 Å². The lowest BCUT2D eigenvalue weighted by atomic mass is 9.98. The molecule has 0 bridgehead atoms. The van der Waals surface area contributed by atoms with Crippen molar-refractivity contribution in [3.05, 3.63) is 0 Å². The fourth-order valence-corrected chi connectivity index (χ4v) is 3.00. The predicted molar refractivity (Wildman–Crippen MR) is 83.8 cm³/mol. The van der Waals surface area contributed by atoms with Crippen molar-refractivity contribution in [3.8, 4) is 0 Å². The van der Waals surface area contributed by atoms with Crippen molar-refractivity contribution in [1.82, 2.24) is 4.90 Å². The average molecular weight is 283 g/mol. The van der Waals surface area contributed by atoms with Crippen LogP contribution in [0, 0.1) is 5.92 Å². The quantitative estimate of drug-likeness (QED) is 0.448. The summed E-state index contributed by atoms with van der Waals surface area (Å²) in [6.07, 6.45) is 11.6. The molecular weight excluding hydrogens is 250 g/mol. The lowest BCUT2D eigenvalue weighted by Gasteiger charge is -2.31. The molecule has 1 heterocycles. The number of piperidine rings is 1. The van der Waals surface area contributed by atoms with Crippen molar-refractivity contribution in [2.75, 3.05) is 26.2 Å². The number of carbonyl (C=O) groups is 1. The molecule has 1 atom stereocenters. The van der Waals surface area contributed by atoms with Gasteiger partial charge < -0.3 is 9.64 Å². The van der Waals surface area contributed by atoms with Gasteiger partial charge in [0.05, 0.1) is 12.5 Å². The van der Waals surface area contributed by atoms with Crippen LogP contribution in [0.3, 0.4) is 0 Å². The SMILES string of the molecule is CCCCCCCCCN1CCC[C@@H](C(=O)OCC)C1. The summed E-state index contributed by atoms with van der Waals surface area (Å²) in [7, 11) is 0.